The van der Waals surface area contributed by atoms with Crippen molar-refractivity contribution in [3.05, 3.63) is 22.7 Å². The summed E-state index contributed by atoms with van der Waals surface area (Å²) in [6, 6.07) is 3.60. The first kappa shape index (κ1) is 13.7. The fourth-order valence-corrected chi connectivity index (χ4v) is 2.26. The number of benzene rings is 1. The van der Waals surface area contributed by atoms with Crippen LogP contribution in [0.25, 0.3) is 0 Å². The molecule has 0 radical (unpaired) electrons. The van der Waals surface area contributed by atoms with Crippen molar-refractivity contribution in [3.63, 3.8) is 0 Å². The molecular weight excluding hydrogens is 260 g/mol. The Bertz CT molecular complexity index is 450. The molecule has 92 valence electrons. The number of ether oxygens (including phenoxy) is 1. The zero-order valence-corrected chi connectivity index (χ0v) is 11.0. The minimum Gasteiger partial charge on any atom is -0.496 e. The maximum Gasteiger partial charge on any atom is 0.206 e. The van der Waals surface area contributed by atoms with E-state index in [9.17, 15) is 0 Å². The van der Waals surface area contributed by atoms with E-state index < -0.39 is 0 Å². The fraction of sp³-hybridized carbons (Fsp3) is 0.200. The minimum absolute atomic E-state index is 0.226. The summed E-state index contributed by atoms with van der Waals surface area (Å²) < 4.78 is 5.20. The SMILES string of the molecule is COc1ccc(C=NNC(=N)N)c(Cl)c1SC. The third-order valence-corrected chi connectivity index (χ3v) is 3.24. The number of halogens is 1. The Kier molecular flexibility index (Phi) is 5.11. The third-order valence-electron chi connectivity index (χ3n) is 1.90. The third kappa shape index (κ3) is 3.54. The van der Waals surface area contributed by atoms with Gasteiger partial charge in [0.1, 0.15) is 5.75 Å². The van der Waals surface area contributed by atoms with Gasteiger partial charge in [-0.1, -0.05) is 11.6 Å². The molecular formula is C10H13ClN4OS. The van der Waals surface area contributed by atoms with E-state index in [0.717, 1.165) is 16.2 Å². The van der Waals surface area contributed by atoms with Gasteiger partial charge in [0.2, 0.25) is 5.96 Å². The number of nitrogens with two attached hydrogens (primary N) is 1. The Labute approximate surface area is 109 Å². The molecule has 0 atom stereocenters. The molecule has 17 heavy (non-hydrogen) atoms. The van der Waals surface area contributed by atoms with E-state index in [1.54, 1.807) is 13.2 Å². The van der Waals surface area contributed by atoms with Crippen LogP contribution in [0.3, 0.4) is 0 Å². The number of nitrogens with one attached hydrogen (secondary N) is 2. The van der Waals surface area contributed by atoms with Crippen molar-refractivity contribution in [2.45, 2.75) is 4.90 Å². The minimum atomic E-state index is -0.226. The normalized spacial score (nSPS) is 10.5. The predicted molar refractivity (Wildman–Crippen MR) is 72.4 cm³/mol. The van der Waals surface area contributed by atoms with Crippen LogP contribution in [0.4, 0.5) is 0 Å². The van der Waals surface area contributed by atoms with Crippen LogP contribution in [0.1, 0.15) is 5.56 Å². The molecule has 0 bridgehead atoms. The van der Waals surface area contributed by atoms with Gasteiger partial charge in [-0.05, 0) is 18.4 Å². The average Bonchev–Trinajstić information content (AvgIpc) is 2.30. The molecule has 0 aliphatic heterocycles. The van der Waals surface area contributed by atoms with Gasteiger partial charge in [0.25, 0.3) is 0 Å². The van der Waals surface area contributed by atoms with Gasteiger partial charge in [0.15, 0.2) is 0 Å². The Balaban J connectivity index is 3.02. The molecule has 1 aromatic carbocycles. The van der Waals surface area contributed by atoms with E-state index in [2.05, 4.69) is 10.5 Å². The largest absolute Gasteiger partial charge is 0.496 e. The highest BCUT2D eigenvalue weighted by Crippen LogP contribution is 2.36. The second-order valence-electron chi connectivity index (χ2n) is 2.99. The summed E-state index contributed by atoms with van der Waals surface area (Å²) in [6.45, 7) is 0. The topological polar surface area (TPSA) is 83.5 Å². The Morgan fingerprint density at radius 1 is 1.65 bits per heavy atom. The van der Waals surface area contributed by atoms with Crippen LogP contribution >= 0.6 is 23.4 Å². The lowest BCUT2D eigenvalue weighted by molar-refractivity contribution is 0.405. The molecule has 5 nitrogen and oxygen atoms in total. The van der Waals surface area contributed by atoms with Crippen LogP contribution in [0, 0.1) is 5.41 Å². The number of nitrogens with zero attached hydrogens (tertiary/aromatic N) is 1. The fourth-order valence-electron chi connectivity index (χ4n) is 1.18. The molecule has 0 heterocycles. The summed E-state index contributed by atoms with van der Waals surface area (Å²) in [5.41, 5.74) is 8.15. The van der Waals surface area contributed by atoms with Crippen molar-refractivity contribution < 1.29 is 4.74 Å². The van der Waals surface area contributed by atoms with Crippen molar-refractivity contribution in [1.82, 2.24) is 5.43 Å². The smallest absolute Gasteiger partial charge is 0.206 e. The maximum atomic E-state index is 6.95. The van der Waals surface area contributed by atoms with Gasteiger partial charge in [0, 0.05) is 5.56 Å². The molecule has 7 heteroatoms. The highest BCUT2D eigenvalue weighted by molar-refractivity contribution is 7.98. The van der Waals surface area contributed by atoms with Gasteiger partial charge in [-0.2, -0.15) is 5.10 Å². The van der Waals surface area contributed by atoms with Crippen molar-refractivity contribution in [2.24, 2.45) is 10.8 Å². The van der Waals surface area contributed by atoms with E-state index in [0.29, 0.717) is 5.02 Å². The van der Waals surface area contributed by atoms with Crippen LogP contribution in [0.5, 0.6) is 5.75 Å². The summed E-state index contributed by atoms with van der Waals surface area (Å²) in [6.07, 6.45) is 3.42. The lowest BCUT2D eigenvalue weighted by atomic mass is 10.2. The summed E-state index contributed by atoms with van der Waals surface area (Å²) >= 11 is 7.70. The standard InChI is InChI=1S/C10H13ClN4OS/c1-16-7-4-3-6(5-14-15-10(12)13)8(11)9(7)17-2/h3-5H,1-2H3,(H4,12,13,15). The highest BCUT2D eigenvalue weighted by atomic mass is 35.5. The van der Waals surface area contributed by atoms with Gasteiger partial charge in [-0.3, -0.25) is 5.41 Å². The first-order valence-corrected chi connectivity index (χ1v) is 6.24. The first-order valence-electron chi connectivity index (χ1n) is 4.63. The Morgan fingerprint density at radius 2 is 2.35 bits per heavy atom. The molecule has 4 N–H and O–H groups in total. The van der Waals surface area contributed by atoms with Crippen LogP contribution in [0.2, 0.25) is 5.02 Å². The second-order valence-corrected chi connectivity index (χ2v) is 4.18. The molecule has 0 saturated carbocycles. The van der Waals surface area contributed by atoms with E-state index >= 15 is 0 Å². The number of hydrogen-bond donors (Lipinski definition) is 3. The molecule has 0 unspecified atom stereocenters. The van der Waals surface area contributed by atoms with Gasteiger partial charge in [0.05, 0.1) is 23.2 Å². The highest BCUT2D eigenvalue weighted by Gasteiger charge is 2.10. The molecule has 0 aliphatic rings. The van der Waals surface area contributed by atoms with Crippen molar-refractivity contribution in [1.29, 1.82) is 5.41 Å². The molecule has 1 rings (SSSR count). The molecule has 0 fully saturated rings. The molecule has 0 aliphatic carbocycles. The molecule has 0 amide bonds. The quantitative estimate of drug-likeness (QED) is 0.338. The van der Waals surface area contributed by atoms with Gasteiger partial charge in [-0.15, -0.1) is 11.8 Å². The number of guanidine groups is 1. The zero-order chi connectivity index (χ0) is 12.8. The molecule has 1 aromatic rings. The lowest BCUT2D eigenvalue weighted by Crippen LogP contribution is -2.25. The Hall–Kier alpha value is -1.40. The average molecular weight is 273 g/mol. The molecule has 0 saturated heterocycles. The summed E-state index contributed by atoms with van der Waals surface area (Å²) in [4.78, 5) is 0.848. The van der Waals surface area contributed by atoms with E-state index in [4.69, 9.17) is 27.5 Å². The first-order chi connectivity index (χ1) is 8.10. The number of hydrogen-bond acceptors (Lipinski definition) is 4. The van der Waals surface area contributed by atoms with Crippen molar-refractivity contribution >= 4 is 35.5 Å². The molecule has 0 spiro atoms. The Morgan fingerprint density at radius 3 is 2.88 bits per heavy atom. The van der Waals surface area contributed by atoms with E-state index in [1.165, 1.54) is 18.0 Å². The van der Waals surface area contributed by atoms with Gasteiger partial charge >= 0.3 is 0 Å². The number of hydrazone groups is 1. The summed E-state index contributed by atoms with van der Waals surface area (Å²) in [5.74, 6) is 0.496. The van der Waals surface area contributed by atoms with Crippen molar-refractivity contribution in [2.75, 3.05) is 13.4 Å². The monoisotopic (exact) mass is 272 g/mol. The van der Waals surface area contributed by atoms with E-state index in [-0.39, 0.29) is 5.96 Å². The van der Waals surface area contributed by atoms with Crippen molar-refractivity contribution in [3.8, 4) is 5.75 Å². The summed E-state index contributed by atoms with van der Waals surface area (Å²) in [5, 5.41) is 11.3. The number of methoxy groups -OCH3 is 1. The molecule has 0 aromatic heterocycles. The lowest BCUT2D eigenvalue weighted by Gasteiger charge is -2.09. The van der Waals surface area contributed by atoms with E-state index in [1.807, 2.05) is 12.3 Å². The van der Waals surface area contributed by atoms with Gasteiger partial charge in [-0.25, -0.2) is 5.43 Å². The number of rotatable bonds is 4. The van der Waals surface area contributed by atoms with Crippen LogP contribution in [-0.2, 0) is 0 Å². The second kappa shape index (κ2) is 6.36. The predicted octanol–water partition coefficient (Wildman–Crippen LogP) is 1.89. The van der Waals surface area contributed by atoms with Gasteiger partial charge < -0.3 is 10.5 Å². The maximum absolute atomic E-state index is 6.95. The van der Waals surface area contributed by atoms with Crippen LogP contribution < -0.4 is 15.9 Å². The number of thioether (sulfide) groups is 1. The zero-order valence-electron chi connectivity index (χ0n) is 9.45. The van der Waals surface area contributed by atoms with Crippen LogP contribution in [0.15, 0.2) is 22.1 Å². The van der Waals surface area contributed by atoms with Crippen LogP contribution in [-0.4, -0.2) is 25.5 Å². The summed E-state index contributed by atoms with van der Waals surface area (Å²) in [7, 11) is 1.59.